The van der Waals surface area contributed by atoms with E-state index in [2.05, 4.69) is 6.07 Å². The van der Waals surface area contributed by atoms with Crippen molar-refractivity contribution in [3.8, 4) is 6.07 Å². The molecular weight excluding hydrogens is 134 g/mol. The number of rotatable bonds is 1. The maximum absolute atomic E-state index is 8.49. The van der Waals surface area contributed by atoms with Gasteiger partial charge in [0.2, 0.25) is 0 Å². The minimum Gasteiger partial charge on any atom is -0.192 e. The molecule has 0 fully saturated rings. The van der Waals surface area contributed by atoms with E-state index in [0.29, 0.717) is 5.56 Å². The first kappa shape index (κ1) is 7.56. The van der Waals surface area contributed by atoms with Gasteiger partial charge >= 0.3 is 0 Å². The Hall–Kier alpha value is -1.55. The van der Waals surface area contributed by atoms with Gasteiger partial charge in [-0.15, -0.1) is 0 Å². The number of hydrogen-bond acceptors (Lipinski definition) is 1. The third-order valence-corrected chi connectivity index (χ3v) is 1.40. The molecule has 0 saturated heterocycles. The summed E-state index contributed by atoms with van der Waals surface area (Å²) < 4.78 is 0. The minimum absolute atomic E-state index is 0.707. The van der Waals surface area contributed by atoms with Gasteiger partial charge in [0.25, 0.3) is 0 Å². The zero-order chi connectivity index (χ0) is 8.10. The molecule has 0 atom stereocenters. The van der Waals surface area contributed by atoms with Crippen LogP contribution >= 0.6 is 0 Å². The van der Waals surface area contributed by atoms with E-state index in [-0.39, 0.29) is 0 Å². The minimum atomic E-state index is 0.707. The highest BCUT2D eigenvalue weighted by atomic mass is 14.2. The van der Waals surface area contributed by atoms with Crippen LogP contribution in [0.15, 0.2) is 30.3 Å². The molecular formula is C10H9N. The summed E-state index contributed by atoms with van der Waals surface area (Å²) in [5.41, 5.74) is 1.84. The normalized spacial score (nSPS) is 9.82. The number of hydrogen-bond donors (Lipinski definition) is 0. The number of benzene rings is 1. The van der Waals surface area contributed by atoms with Gasteiger partial charge in [-0.05, 0) is 24.6 Å². The van der Waals surface area contributed by atoms with Crippen LogP contribution in [-0.4, -0.2) is 0 Å². The highest BCUT2D eigenvalue weighted by molar-refractivity contribution is 5.50. The number of allylic oxidation sites excluding steroid dienone is 1. The molecule has 11 heavy (non-hydrogen) atoms. The third-order valence-electron chi connectivity index (χ3n) is 1.40. The number of nitrogens with zero attached hydrogens (tertiary/aromatic N) is 1. The van der Waals surface area contributed by atoms with Crippen molar-refractivity contribution >= 4 is 6.08 Å². The molecule has 0 aliphatic carbocycles. The van der Waals surface area contributed by atoms with Gasteiger partial charge in [-0.1, -0.05) is 24.3 Å². The van der Waals surface area contributed by atoms with E-state index in [0.717, 1.165) is 5.56 Å². The van der Waals surface area contributed by atoms with Crippen LogP contribution in [0.5, 0.6) is 0 Å². The van der Waals surface area contributed by atoms with Crippen LogP contribution in [0.25, 0.3) is 6.08 Å². The van der Waals surface area contributed by atoms with Crippen LogP contribution in [0.2, 0.25) is 0 Å². The van der Waals surface area contributed by atoms with Crippen LogP contribution in [0, 0.1) is 11.3 Å². The summed E-state index contributed by atoms with van der Waals surface area (Å²) in [6.45, 7) is 1.97. The summed E-state index contributed by atoms with van der Waals surface area (Å²) >= 11 is 0. The lowest BCUT2D eigenvalue weighted by atomic mass is 10.1. The highest BCUT2D eigenvalue weighted by Gasteiger charge is 1.87. The fourth-order valence-corrected chi connectivity index (χ4v) is 0.861. The third kappa shape index (κ3) is 1.94. The molecule has 54 valence electrons. The molecule has 0 amide bonds. The Morgan fingerprint density at radius 2 is 1.91 bits per heavy atom. The van der Waals surface area contributed by atoms with Gasteiger partial charge in [-0.3, -0.25) is 0 Å². The molecule has 0 radical (unpaired) electrons. The Morgan fingerprint density at radius 1 is 1.27 bits per heavy atom. The maximum Gasteiger partial charge on any atom is 0.0991 e. The van der Waals surface area contributed by atoms with Crippen molar-refractivity contribution in [3.05, 3.63) is 41.5 Å². The smallest absolute Gasteiger partial charge is 0.0991 e. The fourth-order valence-electron chi connectivity index (χ4n) is 0.861. The van der Waals surface area contributed by atoms with Gasteiger partial charge < -0.3 is 0 Å². The summed E-state index contributed by atoms with van der Waals surface area (Å²) in [6.07, 6.45) is 3.97. The summed E-state index contributed by atoms with van der Waals surface area (Å²) in [6, 6.07) is 9.56. The lowest BCUT2D eigenvalue weighted by Gasteiger charge is -1.90. The highest BCUT2D eigenvalue weighted by Crippen LogP contribution is 2.04. The van der Waals surface area contributed by atoms with E-state index < -0.39 is 0 Å². The van der Waals surface area contributed by atoms with E-state index in [1.54, 1.807) is 0 Å². The Kier molecular flexibility index (Phi) is 2.46. The average molecular weight is 143 g/mol. The molecule has 0 unspecified atom stereocenters. The molecule has 0 aromatic heterocycles. The molecule has 0 spiro atoms. The van der Waals surface area contributed by atoms with Crippen molar-refractivity contribution < 1.29 is 0 Å². The fraction of sp³-hybridized carbons (Fsp3) is 0.100. The van der Waals surface area contributed by atoms with Crippen LogP contribution in [0.3, 0.4) is 0 Å². The Balaban J connectivity index is 2.94. The number of nitriles is 1. The first-order valence-corrected chi connectivity index (χ1v) is 3.49. The van der Waals surface area contributed by atoms with Crippen molar-refractivity contribution in [2.24, 2.45) is 0 Å². The van der Waals surface area contributed by atoms with Crippen LogP contribution in [-0.2, 0) is 0 Å². The zero-order valence-electron chi connectivity index (χ0n) is 6.41. The monoisotopic (exact) mass is 143 g/mol. The van der Waals surface area contributed by atoms with E-state index in [1.807, 2.05) is 43.3 Å². The molecule has 1 aromatic rings. The first-order chi connectivity index (χ1) is 5.36. The predicted molar refractivity (Wildman–Crippen MR) is 45.9 cm³/mol. The lowest BCUT2D eigenvalue weighted by molar-refractivity contribution is 1.48. The molecule has 0 bridgehead atoms. The first-order valence-electron chi connectivity index (χ1n) is 3.49. The van der Waals surface area contributed by atoms with Crippen molar-refractivity contribution in [2.75, 3.05) is 0 Å². The SMILES string of the molecule is C/C=C\c1ccc(C#N)cc1. The van der Waals surface area contributed by atoms with E-state index in [4.69, 9.17) is 5.26 Å². The van der Waals surface area contributed by atoms with Gasteiger partial charge in [-0.2, -0.15) is 5.26 Å². The second-order valence-corrected chi connectivity index (χ2v) is 2.23. The van der Waals surface area contributed by atoms with Crippen LogP contribution < -0.4 is 0 Å². The Morgan fingerprint density at radius 3 is 2.36 bits per heavy atom. The maximum atomic E-state index is 8.49. The van der Waals surface area contributed by atoms with Crippen molar-refractivity contribution in [1.29, 1.82) is 5.26 Å². The quantitative estimate of drug-likeness (QED) is 0.592. The van der Waals surface area contributed by atoms with Crippen molar-refractivity contribution in [1.82, 2.24) is 0 Å². The standard InChI is InChI=1S/C10H9N/c1-2-3-9-4-6-10(8-11)7-5-9/h2-7H,1H3/b3-2-. The van der Waals surface area contributed by atoms with Crippen LogP contribution in [0.1, 0.15) is 18.1 Å². The van der Waals surface area contributed by atoms with Gasteiger partial charge in [-0.25, -0.2) is 0 Å². The van der Waals surface area contributed by atoms with E-state index in [1.165, 1.54) is 0 Å². The summed E-state index contributed by atoms with van der Waals surface area (Å²) in [7, 11) is 0. The van der Waals surface area contributed by atoms with Gasteiger partial charge in [0, 0.05) is 0 Å². The lowest BCUT2D eigenvalue weighted by Crippen LogP contribution is -1.73. The summed E-state index contributed by atoms with van der Waals surface area (Å²) in [5, 5.41) is 8.49. The van der Waals surface area contributed by atoms with E-state index in [9.17, 15) is 0 Å². The molecule has 1 nitrogen and oxygen atoms in total. The van der Waals surface area contributed by atoms with Gasteiger partial charge in [0.15, 0.2) is 0 Å². The molecule has 1 rings (SSSR count). The molecule has 0 aliphatic rings. The molecule has 0 N–H and O–H groups in total. The van der Waals surface area contributed by atoms with Crippen LogP contribution in [0.4, 0.5) is 0 Å². The largest absolute Gasteiger partial charge is 0.192 e. The second kappa shape index (κ2) is 3.58. The predicted octanol–water partition coefficient (Wildman–Crippen LogP) is 2.59. The van der Waals surface area contributed by atoms with Crippen molar-refractivity contribution in [2.45, 2.75) is 6.92 Å². The second-order valence-electron chi connectivity index (χ2n) is 2.23. The molecule has 0 saturated carbocycles. The topological polar surface area (TPSA) is 23.8 Å². The van der Waals surface area contributed by atoms with Crippen molar-refractivity contribution in [3.63, 3.8) is 0 Å². The Labute approximate surface area is 66.6 Å². The Bertz CT molecular complexity index is 288. The van der Waals surface area contributed by atoms with E-state index >= 15 is 0 Å². The molecule has 0 heterocycles. The molecule has 1 heteroatoms. The van der Waals surface area contributed by atoms with Gasteiger partial charge in [0.1, 0.15) is 0 Å². The van der Waals surface area contributed by atoms with Gasteiger partial charge in [0.05, 0.1) is 11.6 Å². The molecule has 1 aromatic carbocycles. The summed E-state index contributed by atoms with van der Waals surface area (Å²) in [5.74, 6) is 0. The average Bonchev–Trinajstić information content (AvgIpc) is 2.07. The summed E-state index contributed by atoms with van der Waals surface area (Å²) in [4.78, 5) is 0. The zero-order valence-corrected chi connectivity index (χ0v) is 6.41. The molecule has 0 aliphatic heterocycles.